The first kappa shape index (κ1) is 18.9. The molecule has 1 aliphatic heterocycles. The number of carbonyl (C=O) groups is 3. The molecule has 1 rings (SSSR count). The van der Waals surface area contributed by atoms with Crippen LogP contribution in [0.1, 0.15) is 27.7 Å². The van der Waals surface area contributed by atoms with Crippen LogP contribution in [0.15, 0.2) is 0 Å². The molecule has 0 amide bonds. The zero-order chi connectivity index (χ0) is 17.7. The third-order valence-electron chi connectivity index (χ3n) is 4.50. The molecule has 0 aromatic carbocycles. The Labute approximate surface area is 128 Å². The van der Waals surface area contributed by atoms with Gasteiger partial charge in [0.15, 0.2) is 17.3 Å². The minimum atomic E-state index is -2.97. The lowest BCUT2D eigenvalue weighted by Crippen LogP contribution is -2.88. The number of hydrogen-bond donors (Lipinski definition) is 3. The number of ether oxygens (including phenoxy) is 1. The summed E-state index contributed by atoms with van der Waals surface area (Å²) in [5, 5.41) is 32.1. The smallest absolute Gasteiger partial charge is 0.266 e. The minimum Gasteiger partial charge on any atom is -0.388 e. The van der Waals surface area contributed by atoms with E-state index in [0.717, 1.165) is 25.7 Å². The van der Waals surface area contributed by atoms with E-state index >= 15 is 0 Å². The minimum absolute atomic E-state index is 0.780. The molecule has 0 aromatic heterocycles. The van der Waals surface area contributed by atoms with Crippen molar-refractivity contribution in [2.24, 2.45) is 0 Å². The monoisotopic (exact) mass is 317 g/mol. The van der Waals surface area contributed by atoms with Crippen molar-refractivity contribution in [3.63, 3.8) is 0 Å². The number of hydrogen-bond acceptors (Lipinski definition) is 8. The maximum Gasteiger partial charge on any atom is 0.266 e. The van der Waals surface area contributed by atoms with E-state index in [4.69, 9.17) is 4.74 Å². The molecule has 0 bridgehead atoms. The molecule has 0 aromatic rings. The van der Waals surface area contributed by atoms with Crippen LogP contribution in [0, 0.1) is 0 Å². The summed E-state index contributed by atoms with van der Waals surface area (Å²) in [6, 6.07) is 0. The molecule has 0 saturated carbocycles. The first-order valence-corrected chi connectivity index (χ1v) is 6.83. The molecule has 1 heterocycles. The van der Waals surface area contributed by atoms with Crippen LogP contribution in [0.2, 0.25) is 0 Å². The van der Waals surface area contributed by atoms with E-state index in [1.807, 2.05) is 0 Å². The Hall–Kier alpha value is -1.19. The van der Waals surface area contributed by atoms with E-state index in [2.05, 4.69) is 0 Å². The fourth-order valence-electron chi connectivity index (χ4n) is 3.44. The summed E-state index contributed by atoms with van der Waals surface area (Å²) in [7, 11) is 2.72. The number of ketones is 3. The number of aliphatic hydroxyl groups excluding tert-OH is 1. The van der Waals surface area contributed by atoms with E-state index in [1.165, 1.54) is 21.0 Å². The molecule has 126 valence electrons. The fourth-order valence-corrected chi connectivity index (χ4v) is 3.44. The Morgan fingerprint density at radius 2 is 1.45 bits per heavy atom. The Morgan fingerprint density at radius 3 is 1.73 bits per heavy atom. The highest BCUT2D eigenvalue weighted by molar-refractivity contribution is 6.05. The van der Waals surface area contributed by atoms with Gasteiger partial charge >= 0.3 is 0 Å². The van der Waals surface area contributed by atoms with Crippen LogP contribution in [-0.2, 0) is 19.1 Å². The SMILES string of the molecule is CC(=O)C1(O)OC(C)C(O)C(C(C)=O)(N(C)C)C1(O)C(C)=O. The van der Waals surface area contributed by atoms with Crippen molar-refractivity contribution in [3.05, 3.63) is 0 Å². The maximum absolute atomic E-state index is 12.4. The van der Waals surface area contributed by atoms with Crippen molar-refractivity contribution in [1.29, 1.82) is 0 Å². The molecule has 5 unspecified atom stereocenters. The lowest BCUT2D eigenvalue weighted by molar-refractivity contribution is -0.355. The van der Waals surface area contributed by atoms with Gasteiger partial charge in [-0.05, 0) is 34.9 Å². The summed E-state index contributed by atoms with van der Waals surface area (Å²) < 4.78 is 5.09. The van der Waals surface area contributed by atoms with Crippen LogP contribution < -0.4 is 0 Å². The van der Waals surface area contributed by atoms with Crippen LogP contribution in [-0.4, -0.2) is 80.8 Å². The number of carbonyl (C=O) groups excluding carboxylic acids is 3. The molecule has 1 saturated heterocycles. The summed E-state index contributed by atoms with van der Waals surface area (Å²) in [4.78, 5) is 37.6. The van der Waals surface area contributed by atoms with Gasteiger partial charge in [0.25, 0.3) is 5.79 Å². The maximum atomic E-state index is 12.4. The summed E-state index contributed by atoms with van der Waals surface area (Å²) >= 11 is 0. The van der Waals surface area contributed by atoms with E-state index in [-0.39, 0.29) is 0 Å². The molecular weight excluding hydrogens is 294 g/mol. The van der Waals surface area contributed by atoms with Crippen molar-refractivity contribution in [1.82, 2.24) is 4.90 Å². The molecule has 1 aliphatic rings. The molecule has 5 atom stereocenters. The molecule has 22 heavy (non-hydrogen) atoms. The van der Waals surface area contributed by atoms with Crippen molar-refractivity contribution in [2.45, 2.75) is 56.8 Å². The van der Waals surface area contributed by atoms with Crippen LogP contribution >= 0.6 is 0 Å². The van der Waals surface area contributed by atoms with E-state index in [1.54, 1.807) is 0 Å². The van der Waals surface area contributed by atoms with Crippen LogP contribution in [0.5, 0.6) is 0 Å². The molecule has 8 nitrogen and oxygen atoms in total. The molecule has 0 radical (unpaired) electrons. The van der Waals surface area contributed by atoms with Crippen molar-refractivity contribution in [2.75, 3.05) is 14.1 Å². The van der Waals surface area contributed by atoms with Gasteiger partial charge in [-0.2, -0.15) is 0 Å². The molecule has 0 spiro atoms. The highest BCUT2D eigenvalue weighted by Crippen LogP contribution is 2.47. The first-order chi connectivity index (χ1) is 9.81. The molecule has 8 heteroatoms. The van der Waals surface area contributed by atoms with Gasteiger partial charge in [-0.1, -0.05) is 0 Å². The van der Waals surface area contributed by atoms with E-state index in [9.17, 15) is 29.7 Å². The number of Topliss-reactive ketones (excluding diaryl/α,β-unsaturated/α-hetero) is 3. The first-order valence-electron chi connectivity index (χ1n) is 6.83. The third kappa shape index (κ3) is 1.92. The van der Waals surface area contributed by atoms with Gasteiger partial charge in [-0.3, -0.25) is 19.3 Å². The van der Waals surface area contributed by atoms with E-state index in [0.29, 0.717) is 0 Å². The van der Waals surface area contributed by atoms with Gasteiger partial charge in [-0.25, -0.2) is 0 Å². The second-order valence-electron chi connectivity index (χ2n) is 5.95. The zero-order valence-electron chi connectivity index (χ0n) is 13.6. The topological polar surface area (TPSA) is 124 Å². The fraction of sp³-hybridized carbons (Fsp3) is 0.786. The lowest BCUT2D eigenvalue weighted by atomic mass is 9.61. The Balaban J connectivity index is 3.92. The van der Waals surface area contributed by atoms with Crippen LogP contribution in [0.25, 0.3) is 0 Å². The van der Waals surface area contributed by atoms with Gasteiger partial charge in [0.2, 0.25) is 5.60 Å². The second kappa shape index (κ2) is 5.47. The lowest BCUT2D eigenvalue weighted by Gasteiger charge is -2.60. The predicted octanol–water partition coefficient (Wildman–Crippen LogP) is -1.75. The molecule has 1 fully saturated rings. The molecular formula is C14H23NO7. The molecule has 3 N–H and O–H groups in total. The van der Waals surface area contributed by atoms with Gasteiger partial charge < -0.3 is 20.1 Å². The van der Waals surface area contributed by atoms with Crippen LogP contribution in [0.4, 0.5) is 0 Å². The Morgan fingerprint density at radius 1 is 1.00 bits per heavy atom. The van der Waals surface area contributed by atoms with Gasteiger partial charge in [0.1, 0.15) is 11.6 Å². The van der Waals surface area contributed by atoms with E-state index < -0.39 is 46.5 Å². The second-order valence-corrected chi connectivity index (χ2v) is 5.95. The zero-order valence-corrected chi connectivity index (χ0v) is 13.6. The van der Waals surface area contributed by atoms with Crippen molar-refractivity contribution in [3.8, 4) is 0 Å². The average Bonchev–Trinajstić information content (AvgIpc) is 2.35. The molecule has 0 aliphatic carbocycles. The number of rotatable bonds is 4. The number of nitrogens with zero attached hydrogens (tertiary/aromatic N) is 1. The Kier molecular flexibility index (Phi) is 4.69. The standard InChI is InChI=1S/C14H23NO7/c1-7-11(19)12(8(2)16,15(5)6)13(20,9(3)17)14(21,22-7)10(4)18/h7,11,19-21H,1-6H3. The largest absolute Gasteiger partial charge is 0.388 e. The summed E-state index contributed by atoms with van der Waals surface area (Å²) in [6.45, 7) is 4.25. The quantitative estimate of drug-likeness (QED) is 0.558. The number of aliphatic hydroxyl groups is 3. The average molecular weight is 317 g/mol. The van der Waals surface area contributed by atoms with Crippen molar-refractivity contribution >= 4 is 17.3 Å². The third-order valence-corrected chi connectivity index (χ3v) is 4.50. The van der Waals surface area contributed by atoms with Gasteiger partial charge in [0.05, 0.1) is 6.10 Å². The van der Waals surface area contributed by atoms with Gasteiger partial charge in [-0.15, -0.1) is 0 Å². The van der Waals surface area contributed by atoms with Gasteiger partial charge in [0, 0.05) is 6.92 Å². The highest BCUT2D eigenvalue weighted by atomic mass is 16.7. The van der Waals surface area contributed by atoms with Crippen molar-refractivity contribution < 1.29 is 34.4 Å². The summed E-state index contributed by atoms with van der Waals surface area (Å²) in [5.41, 5.74) is -5.20. The number of likely N-dealkylation sites (N-methyl/N-ethyl adjacent to an activating group) is 1. The van der Waals surface area contributed by atoms with Crippen LogP contribution in [0.3, 0.4) is 0 Å². The summed E-state index contributed by atoms with van der Waals surface area (Å²) in [6.07, 6.45) is -2.83. The highest BCUT2D eigenvalue weighted by Gasteiger charge is 2.78. The Bertz CT molecular complexity index is 519. The normalized spacial score (nSPS) is 42.3. The predicted molar refractivity (Wildman–Crippen MR) is 74.9 cm³/mol. The summed E-state index contributed by atoms with van der Waals surface area (Å²) in [5.74, 6) is -5.85.